The molecule has 1 fully saturated rings. The molecule has 10 nitrogen and oxygen atoms in total. The minimum atomic E-state index is -0.636. The second kappa shape index (κ2) is 12.2. The zero-order chi connectivity index (χ0) is 32.8. The number of carbonyl (C=O) groups is 3. The van der Waals surface area contributed by atoms with Gasteiger partial charge < -0.3 is 30.3 Å². The molecule has 4 aliphatic heterocycles. The molecule has 0 saturated carbocycles. The average Bonchev–Trinajstić information content (AvgIpc) is 3.36. The minimum Gasteiger partial charge on any atom is -0.444 e. The zero-order valence-corrected chi connectivity index (χ0v) is 27.8. The van der Waals surface area contributed by atoms with Crippen molar-refractivity contribution in [2.24, 2.45) is 5.41 Å². The molecular weight excluding hydrogens is 575 g/mol. The van der Waals surface area contributed by atoms with E-state index in [0.717, 1.165) is 33.8 Å². The van der Waals surface area contributed by atoms with Crippen molar-refractivity contribution in [2.45, 2.75) is 79.5 Å². The van der Waals surface area contributed by atoms with Gasteiger partial charge in [0.1, 0.15) is 11.4 Å². The number of ether oxygens (including phenoxy) is 1. The molecule has 0 aliphatic carbocycles. The molecule has 244 valence electrons. The van der Waals surface area contributed by atoms with Crippen LogP contribution in [0.1, 0.15) is 61.0 Å². The lowest BCUT2D eigenvalue weighted by atomic mass is 9.91. The van der Waals surface area contributed by atoms with Gasteiger partial charge in [0.2, 0.25) is 11.8 Å². The second-order valence-corrected chi connectivity index (χ2v) is 14.5. The normalized spacial score (nSPS) is 23.6. The summed E-state index contributed by atoms with van der Waals surface area (Å²) in [4.78, 5) is 47.9. The molecule has 1 saturated heterocycles. The Morgan fingerprint density at radius 2 is 1.78 bits per heavy atom. The summed E-state index contributed by atoms with van der Waals surface area (Å²) in [5, 5.41) is 0. The van der Waals surface area contributed by atoms with Gasteiger partial charge in [0.25, 0.3) is 0 Å². The van der Waals surface area contributed by atoms with E-state index in [-0.39, 0.29) is 47.8 Å². The molecular formula is C34H47FN6O4. The lowest BCUT2D eigenvalue weighted by Gasteiger charge is -2.46. The maximum absolute atomic E-state index is 14.2. The summed E-state index contributed by atoms with van der Waals surface area (Å²) < 4.78 is 19.2. The summed E-state index contributed by atoms with van der Waals surface area (Å²) in [6, 6.07) is 5.96. The third-order valence-electron chi connectivity index (χ3n) is 9.07. The highest BCUT2D eigenvalue weighted by Crippen LogP contribution is 2.39. The van der Waals surface area contributed by atoms with E-state index in [1.165, 1.54) is 12.1 Å². The van der Waals surface area contributed by atoms with Crippen molar-refractivity contribution in [3.05, 3.63) is 70.0 Å². The number of nitrogens with one attached hydrogen (secondary N) is 2. The van der Waals surface area contributed by atoms with Crippen molar-refractivity contribution in [1.82, 2.24) is 30.5 Å². The van der Waals surface area contributed by atoms with Crippen LogP contribution in [0.25, 0.3) is 0 Å². The largest absolute Gasteiger partial charge is 0.444 e. The molecule has 2 atom stereocenters. The van der Waals surface area contributed by atoms with Gasteiger partial charge in [0, 0.05) is 67.9 Å². The number of rotatable bonds is 6. The Hall–Kier alpha value is -3.86. The van der Waals surface area contributed by atoms with E-state index in [9.17, 15) is 18.8 Å². The molecule has 2 N–H and O–H groups in total. The van der Waals surface area contributed by atoms with E-state index in [1.54, 1.807) is 17.0 Å². The van der Waals surface area contributed by atoms with Gasteiger partial charge in [-0.05, 0) is 70.9 Å². The fourth-order valence-corrected chi connectivity index (χ4v) is 6.52. The standard InChI is InChI=1S/C34H47FN6O4/c1-21-15-39(31(43)23(21)3)17-27-18-40(32(44)45-33(4,5)6)22(2)16-38(27)19-29(42)41-20-34(7,8)30-28(41)14-26(36-37-30)13-24-9-11-25(35)12-10-24/h9-12,14,22,27,36-37H,13,15-20H2,1-8H3/t22-,27+/m1/s1. The van der Waals surface area contributed by atoms with Crippen LogP contribution < -0.4 is 10.9 Å². The molecule has 1 aromatic rings. The van der Waals surface area contributed by atoms with Gasteiger partial charge in [0.05, 0.1) is 17.9 Å². The second-order valence-electron chi connectivity index (χ2n) is 14.5. The highest BCUT2D eigenvalue weighted by Gasteiger charge is 2.44. The van der Waals surface area contributed by atoms with Crippen LogP contribution in [0.2, 0.25) is 0 Å². The lowest BCUT2D eigenvalue weighted by Crippen LogP contribution is -2.63. The van der Waals surface area contributed by atoms with Gasteiger partial charge >= 0.3 is 6.09 Å². The van der Waals surface area contributed by atoms with E-state index in [4.69, 9.17) is 4.74 Å². The Morgan fingerprint density at radius 1 is 1.09 bits per heavy atom. The van der Waals surface area contributed by atoms with Crippen molar-refractivity contribution in [3.63, 3.8) is 0 Å². The van der Waals surface area contributed by atoms with E-state index >= 15 is 0 Å². The summed E-state index contributed by atoms with van der Waals surface area (Å²) >= 11 is 0. The topological polar surface area (TPSA) is 97.5 Å². The lowest BCUT2D eigenvalue weighted by molar-refractivity contribution is -0.132. The number of carbonyl (C=O) groups excluding carboxylic acids is 3. The molecule has 0 aromatic heterocycles. The van der Waals surface area contributed by atoms with Gasteiger partial charge in [-0.3, -0.25) is 14.5 Å². The molecule has 1 aromatic carbocycles. The third kappa shape index (κ3) is 7.03. The van der Waals surface area contributed by atoms with Crippen molar-refractivity contribution in [2.75, 3.05) is 39.3 Å². The Labute approximate surface area is 265 Å². The molecule has 3 amide bonds. The van der Waals surface area contributed by atoms with Gasteiger partial charge in [-0.1, -0.05) is 26.0 Å². The number of halogens is 1. The van der Waals surface area contributed by atoms with Crippen LogP contribution in [0, 0.1) is 11.2 Å². The summed E-state index contributed by atoms with van der Waals surface area (Å²) in [5.41, 5.74) is 11.0. The van der Waals surface area contributed by atoms with Crippen LogP contribution in [-0.4, -0.2) is 94.5 Å². The fourth-order valence-electron chi connectivity index (χ4n) is 6.52. The van der Waals surface area contributed by atoms with Crippen LogP contribution in [0.5, 0.6) is 0 Å². The number of hydrogen-bond donors (Lipinski definition) is 2. The molecule has 4 aliphatic rings. The van der Waals surface area contributed by atoms with Gasteiger partial charge in [-0.25, -0.2) is 9.18 Å². The Morgan fingerprint density at radius 3 is 2.40 bits per heavy atom. The number of hydrogen-bond acceptors (Lipinski definition) is 7. The number of allylic oxidation sites excluding steroid dienone is 2. The van der Waals surface area contributed by atoms with Crippen molar-refractivity contribution >= 4 is 17.9 Å². The van der Waals surface area contributed by atoms with Crippen LogP contribution in [0.15, 0.2) is 58.6 Å². The number of piperazine rings is 1. The Kier molecular flexibility index (Phi) is 8.78. The monoisotopic (exact) mass is 622 g/mol. The van der Waals surface area contributed by atoms with Gasteiger partial charge in [-0.2, -0.15) is 0 Å². The van der Waals surface area contributed by atoms with Crippen molar-refractivity contribution in [1.29, 1.82) is 0 Å². The van der Waals surface area contributed by atoms with Crippen molar-refractivity contribution in [3.8, 4) is 0 Å². The molecule has 4 heterocycles. The smallest absolute Gasteiger partial charge is 0.410 e. The average molecular weight is 623 g/mol. The quantitative estimate of drug-likeness (QED) is 0.497. The minimum absolute atomic E-state index is 0.00286. The first kappa shape index (κ1) is 32.5. The van der Waals surface area contributed by atoms with Crippen LogP contribution >= 0.6 is 0 Å². The van der Waals surface area contributed by atoms with Crippen LogP contribution in [-0.2, 0) is 20.7 Å². The number of hydrazine groups is 1. The molecule has 0 bridgehead atoms. The van der Waals surface area contributed by atoms with E-state index in [0.29, 0.717) is 39.1 Å². The van der Waals surface area contributed by atoms with Gasteiger partial charge in [-0.15, -0.1) is 0 Å². The predicted molar refractivity (Wildman–Crippen MR) is 170 cm³/mol. The van der Waals surface area contributed by atoms with E-state index in [2.05, 4.69) is 29.6 Å². The maximum atomic E-state index is 14.2. The molecule has 0 unspecified atom stereocenters. The van der Waals surface area contributed by atoms with E-state index < -0.39 is 5.60 Å². The zero-order valence-electron chi connectivity index (χ0n) is 27.8. The van der Waals surface area contributed by atoms with Crippen LogP contribution in [0.3, 0.4) is 0 Å². The van der Waals surface area contributed by atoms with E-state index in [1.807, 2.05) is 57.4 Å². The maximum Gasteiger partial charge on any atom is 0.410 e. The summed E-state index contributed by atoms with van der Waals surface area (Å²) in [6.45, 7) is 17.9. The first-order valence-electron chi connectivity index (χ1n) is 15.7. The summed E-state index contributed by atoms with van der Waals surface area (Å²) in [5.74, 6) is -0.329. The SMILES string of the molecule is CC1=C(C)C(=O)N(C[C@H]2CN(C(=O)OC(C)(C)C)[C@H](C)CN2CC(=O)N2CC(C)(C)C3=C2C=C(Cc2ccc(F)cc2)NN3)C1. The first-order chi connectivity index (χ1) is 21.0. The highest BCUT2D eigenvalue weighted by atomic mass is 19.1. The molecule has 45 heavy (non-hydrogen) atoms. The van der Waals surface area contributed by atoms with Crippen molar-refractivity contribution < 1.29 is 23.5 Å². The fraction of sp³-hybridized carbons (Fsp3) is 0.559. The third-order valence-corrected chi connectivity index (χ3v) is 9.07. The number of nitrogens with zero attached hydrogens (tertiary/aromatic N) is 4. The summed E-state index contributed by atoms with van der Waals surface area (Å²) in [7, 11) is 0. The number of amides is 3. The molecule has 0 spiro atoms. The predicted octanol–water partition coefficient (Wildman–Crippen LogP) is 3.93. The summed E-state index contributed by atoms with van der Waals surface area (Å²) in [6.07, 6.45) is 2.16. The molecule has 0 radical (unpaired) electrons. The molecule has 5 rings (SSSR count). The van der Waals surface area contributed by atoms with Crippen LogP contribution in [0.4, 0.5) is 9.18 Å². The van der Waals surface area contributed by atoms with Gasteiger partial charge in [0.15, 0.2) is 0 Å². The number of benzene rings is 1. The Balaban J connectivity index is 1.36. The molecule has 11 heteroatoms. The highest BCUT2D eigenvalue weighted by molar-refractivity contribution is 5.96. The first-order valence-corrected chi connectivity index (χ1v) is 15.7. The Bertz CT molecular complexity index is 1460.